The normalized spacial score (nSPS) is 18.8. The molecular weight excluding hydrogens is 322 g/mol. The highest BCUT2D eigenvalue weighted by Gasteiger charge is 2.36. The zero-order chi connectivity index (χ0) is 18.6. The molecule has 0 radical (unpaired) electrons. The molecule has 1 unspecified atom stereocenters. The Morgan fingerprint density at radius 2 is 1.88 bits per heavy atom. The van der Waals surface area contributed by atoms with Crippen LogP contribution in [0.5, 0.6) is 0 Å². The number of carbonyl (C=O) groups excluding carboxylic acids is 1. The van der Waals surface area contributed by atoms with E-state index in [1.54, 1.807) is 6.07 Å². The molecule has 1 amide bonds. The molecule has 0 bridgehead atoms. The van der Waals surface area contributed by atoms with E-state index in [4.69, 9.17) is 10.7 Å². The van der Waals surface area contributed by atoms with Crippen molar-refractivity contribution in [2.45, 2.75) is 38.5 Å². The lowest BCUT2D eigenvalue weighted by atomic mass is 9.75. The predicted octanol–water partition coefficient (Wildman–Crippen LogP) is 2.26. The lowest BCUT2D eigenvalue weighted by Gasteiger charge is -2.35. The Labute approximate surface area is 154 Å². The molecule has 0 aromatic heterocycles. The third-order valence-electron chi connectivity index (χ3n) is 5.16. The van der Waals surface area contributed by atoms with Gasteiger partial charge in [-0.2, -0.15) is 0 Å². The van der Waals surface area contributed by atoms with Crippen LogP contribution in [0.15, 0.2) is 53.5 Å². The number of carbonyl (C=O) groups is 1. The van der Waals surface area contributed by atoms with Gasteiger partial charge < -0.3 is 11.1 Å². The molecule has 2 aromatic rings. The highest BCUT2D eigenvalue weighted by atomic mass is 16.1. The number of amides is 1. The molecule has 1 heterocycles. The summed E-state index contributed by atoms with van der Waals surface area (Å²) < 4.78 is 0. The van der Waals surface area contributed by atoms with Gasteiger partial charge in [0, 0.05) is 23.0 Å². The largest absolute Gasteiger partial charge is 0.387 e. The zero-order valence-corrected chi connectivity index (χ0v) is 15.6. The predicted molar refractivity (Wildman–Crippen MR) is 105 cm³/mol. The zero-order valence-electron chi connectivity index (χ0n) is 15.6. The maximum atomic E-state index is 12.0. The van der Waals surface area contributed by atoms with Crippen LogP contribution in [0.1, 0.15) is 49.0 Å². The van der Waals surface area contributed by atoms with Crippen molar-refractivity contribution in [3.63, 3.8) is 0 Å². The van der Waals surface area contributed by atoms with E-state index in [9.17, 15) is 4.79 Å². The van der Waals surface area contributed by atoms with Gasteiger partial charge >= 0.3 is 0 Å². The topological polar surface area (TPSA) is 67.5 Å². The van der Waals surface area contributed by atoms with E-state index in [0.29, 0.717) is 12.1 Å². The Morgan fingerprint density at radius 1 is 1.15 bits per heavy atom. The van der Waals surface area contributed by atoms with Gasteiger partial charge in [0.15, 0.2) is 0 Å². The van der Waals surface area contributed by atoms with Crippen LogP contribution >= 0.6 is 0 Å². The number of hydrogen-bond donors (Lipinski definition) is 2. The smallest absolute Gasteiger partial charge is 0.249 e. The lowest BCUT2D eigenvalue weighted by molar-refractivity contribution is 0.0998. The Kier molecular flexibility index (Phi) is 5.40. The van der Waals surface area contributed by atoms with Gasteiger partial charge in [0.25, 0.3) is 0 Å². The van der Waals surface area contributed by atoms with E-state index in [1.165, 1.54) is 12.8 Å². The van der Waals surface area contributed by atoms with Crippen molar-refractivity contribution >= 4 is 11.6 Å². The number of nitrogens with two attached hydrogens (primary N) is 1. The summed E-state index contributed by atoms with van der Waals surface area (Å²) in [5, 5.41) is 5.78. The van der Waals surface area contributed by atoms with E-state index in [1.807, 2.05) is 36.4 Å². The quantitative estimate of drug-likeness (QED) is 0.753. The summed E-state index contributed by atoms with van der Waals surface area (Å²) in [5.41, 5.74) is 7.88. The second-order valence-corrected chi connectivity index (χ2v) is 7.08. The van der Waals surface area contributed by atoms with Crippen molar-refractivity contribution in [1.29, 1.82) is 0 Å². The van der Waals surface area contributed by atoms with Crippen LogP contribution in [-0.2, 0) is 5.41 Å². The fourth-order valence-electron chi connectivity index (χ4n) is 3.72. The first-order chi connectivity index (χ1) is 12.6. The van der Waals surface area contributed by atoms with Gasteiger partial charge in [-0.1, -0.05) is 56.2 Å². The Balaban J connectivity index is 2.14. The molecule has 0 aliphatic carbocycles. The molecule has 3 rings (SSSR count). The van der Waals surface area contributed by atoms with Gasteiger partial charge in [-0.3, -0.25) is 9.79 Å². The first kappa shape index (κ1) is 18.2. The highest BCUT2D eigenvalue weighted by Crippen LogP contribution is 2.34. The fraction of sp³-hybridized carbons (Fsp3) is 0.364. The van der Waals surface area contributed by atoms with E-state index in [2.05, 4.69) is 25.2 Å². The maximum Gasteiger partial charge on any atom is 0.249 e. The van der Waals surface area contributed by atoms with Gasteiger partial charge in [0.05, 0.1) is 17.3 Å². The number of benzene rings is 2. The van der Waals surface area contributed by atoms with Gasteiger partial charge in [-0.15, -0.1) is 0 Å². The number of fused-ring (bicyclic) bond motifs is 1. The van der Waals surface area contributed by atoms with Crippen molar-refractivity contribution in [3.05, 3.63) is 70.2 Å². The average Bonchev–Trinajstić information content (AvgIpc) is 2.66. The third kappa shape index (κ3) is 3.36. The summed E-state index contributed by atoms with van der Waals surface area (Å²) in [5.74, 6) is -0.397. The van der Waals surface area contributed by atoms with Crippen LogP contribution in [0.25, 0.3) is 5.70 Å². The van der Waals surface area contributed by atoms with Crippen LogP contribution < -0.4 is 21.6 Å². The number of hydrogen-bond acceptors (Lipinski definition) is 3. The van der Waals surface area contributed by atoms with Crippen molar-refractivity contribution in [2.75, 3.05) is 13.1 Å². The van der Waals surface area contributed by atoms with Crippen molar-refractivity contribution < 1.29 is 4.79 Å². The Hall–Kier alpha value is -2.62. The molecule has 4 nitrogen and oxygen atoms in total. The molecule has 0 saturated carbocycles. The molecular formula is C22H27N3O. The van der Waals surface area contributed by atoms with E-state index >= 15 is 0 Å². The van der Waals surface area contributed by atoms with E-state index in [-0.39, 0.29) is 0 Å². The molecule has 26 heavy (non-hydrogen) atoms. The van der Waals surface area contributed by atoms with Crippen molar-refractivity contribution in [1.82, 2.24) is 5.32 Å². The van der Waals surface area contributed by atoms with Crippen LogP contribution in [0.3, 0.4) is 0 Å². The first-order valence-corrected chi connectivity index (χ1v) is 9.35. The Morgan fingerprint density at radius 3 is 2.65 bits per heavy atom. The fourth-order valence-corrected chi connectivity index (χ4v) is 3.72. The third-order valence-corrected chi connectivity index (χ3v) is 5.16. The summed E-state index contributed by atoms with van der Waals surface area (Å²) in [6, 6.07) is 15.8. The van der Waals surface area contributed by atoms with Crippen molar-refractivity contribution in [3.8, 4) is 0 Å². The molecule has 1 aliphatic heterocycles. The summed E-state index contributed by atoms with van der Waals surface area (Å²) in [7, 11) is 0. The number of primary amides is 1. The van der Waals surface area contributed by atoms with Crippen LogP contribution in [-0.4, -0.2) is 19.0 Å². The summed E-state index contributed by atoms with van der Waals surface area (Å²) in [6.45, 7) is 5.85. The minimum Gasteiger partial charge on any atom is -0.387 e. The molecule has 0 spiro atoms. The van der Waals surface area contributed by atoms with Crippen LogP contribution in [0, 0.1) is 0 Å². The average molecular weight is 349 g/mol. The van der Waals surface area contributed by atoms with Gasteiger partial charge in [-0.05, 0) is 31.0 Å². The maximum absolute atomic E-state index is 12.0. The first-order valence-electron chi connectivity index (χ1n) is 9.35. The number of unbranched alkanes of at least 4 members (excludes halogenated alkanes) is 2. The summed E-state index contributed by atoms with van der Waals surface area (Å²) >= 11 is 0. The minimum atomic E-state index is -0.411. The number of nitrogens with zero attached hydrogens (tertiary/aromatic N) is 1. The van der Waals surface area contributed by atoms with Gasteiger partial charge in [-0.25, -0.2) is 0 Å². The summed E-state index contributed by atoms with van der Waals surface area (Å²) in [4.78, 5) is 16.8. The van der Waals surface area contributed by atoms with E-state index < -0.39 is 11.3 Å². The highest BCUT2D eigenvalue weighted by molar-refractivity contribution is 5.95. The molecule has 3 N–H and O–H groups in total. The van der Waals surface area contributed by atoms with Gasteiger partial charge in [0.1, 0.15) is 0 Å². The molecule has 0 fully saturated rings. The number of nitrogens with one attached hydrogen (secondary N) is 1. The SMILES string of the molecule is CCCCCNC1=c2ccccc2=NCC1(C)c1ccccc1C(N)=O. The van der Waals surface area contributed by atoms with Crippen LogP contribution in [0.4, 0.5) is 0 Å². The molecule has 4 heteroatoms. The monoisotopic (exact) mass is 349 g/mol. The molecule has 1 atom stereocenters. The molecule has 0 saturated heterocycles. The second-order valence-electron chi connectivity index (χ2n) is 7.08. The number of rotatable bonds is 7. The Bertz CT molecular complexity index is 919. The lowest BCUT2D eigenvalue weighted by Crippen LogP contribution is -2.48. The minimum absolute atomic E-state index is 0.397. The summed E-state index contributed by atoms with van der Waals surface area (Å²) in [6.07, 6.45) is 3.50. The number of para-hydroxylation sites is 1. The van der Waals surface area contributed by atoms with Crippen LogP contribution in [0.2, 0.25) is 0 Å². The van der Waals surface area contributed by atoms with Crippen molar-refractivity contribution in [2.24, 2.45) is 10.7 Å². The molecule has 2 aromatic carbocycles. The molecule has 1 aliphatic rings. The van der Waals surface area contributed by atoms with E-state index in [0.717, 1.165) is 34.8 Å². The van der Waals surface area contributed by atoms with Gasteiger partial charge in [0.2, 0.25) is 5.91 Å². The standard InChI is InChI=1S/C22H27N3O/c1-3-4-9-14-24-20-17-11-6-8-13-19(17)25-15-22(20,2)18-12-7-5-10-16(18)21(23)26/h5-8,10-13,24H,3-4,9,14-15H2,1-2H3,(H2,23,26). The second kappa shape index (κ2) is 7.73. The molecule has 136 valence electrons.